The summed E-state index contributed by atoms with van der Waals surface area (Å²) < 4.78 is 17.0. The molecular weight excluding hydrogens is 344 g/mol. The van der Waals surface area contributed by atoms with Gasteiger partial charge in [0.15, 0.2) is 6.61 Å². The quantitative estimate of drug-likeness (QED) is 0.636. The average Bonchev–Trinajstić information content (AvgIpc) is 3.17. The number of nitrogens with zero attached hydrogens (tertiary/aromatic N) is 4. The van der Waals surface area contributed by atoms with Gasteiger partial charge in [-0.2, -0.15) is 4.98 Å². The van der Waals surface area contributed by atoms with Crippen LogP contribution in [0.2, 0.25) is 0 Å². The lowest BCUT2D eigenvalue weighted by Crippen LogP contribution is -2.37. The second kappa shape index (κ2) is 8.64. The standard InChI is InChI=1S/C20H22N4O3/c1-2-5-16(6-3-1)25-15-19-22-20(27-23-19)14-24-11-8-17(9-12-24)26-18-7-4-10-21-13-18/h1-7,10,13,17H,8-9,11-12,14-15H2. The van der Waals surface area contributed by atoms with Gasteiger partial charge in [0.25, 0.3) is 0 Å². The largest absolute Gasteiger partial charge is 0.489 e. The molecule has 0 saturated carbocycles. The van der Waals surface area contributed by atoms with Gasteiger partial charge in [-0.15, -0.1) is 0 Å². The van der Waals surface area contributed by atoms with E-state index in [-0.39, 0.29) is 6.10 Å². The summed E-state index contributed by atoms with van der Waals surface area (Å²) in [5, 5.41) is 4.00. The summed E-state index contributed by atoms with van der Waals surface area (Å²) in [6.45, 7) is 2.82. The van der Waals surface area contributed by atoms with Crippen molar-refractivity contribution >= 4 is 0 Å². The second-order valence-corrected chi connectivity index (χ2v) is 6.49. The van der Waals surface area contributed by atoms with Gasteiger partial charge in [0.1, 0.15) is 17.6 Å². The maximum Gasteiger partial charge on any atom is 0.240 e. The molecule has 3 aromatic rings. The van der Waals surface area contributed by atoms with Crippen molar-refractivity contribution in [1.29, 1.82) is 0 Å². The van der Waals surface area contributed by atoms with Crippen molar-refractivity contribution in [2.75, 3.05) is 13.1 Å². The number of likely N-dealkylation sites (tertiary alicyclic amines) is 1. The van der Waals surface area contributed by atoms with Crippen molar-refractivity contribution in [3.8, 4) is 11.5 Å². The third-order valence-corrected chi connectivity index (χ3v) is 4.45. The molecule has 7 nitrogen and oxygen atoms in total. The van der Waals surface area contributed by atoms with Crippen LogP contribution in [0.5, 0.6) is 11.5 Å². The van der Waals surface area contributed by atoms with Crippen LogP contribution < -0.4 is 9.47 Å². The molecule has 27 heavy (non-hydrogen) atoms. The first-order chi connectivity index (χ1) is 13.3. The monoisotopic (exact) mass is 366 g/mol. The molecule has 0 atom stereocenters. The number of ether oxygens (including phenoxy) is 2. The molecule has 2 aromatic heterocycles. The number of para-hydroxylation sites is 1. The van der Waals surface area contributed by atoms with Crippen molar-refractivity contribution in [2.24, 2.45) is 0 Å². The molecule has 0 bridgehead atoms. The minimum atomic E-state index is 0.225. The van der Waals surface area contributed by atoms with Crippen molar-refractivity contribution < 1.29 is 14.0 Å². The predicted octanol–water partition coefficient (Wildman–Crippen LogP) is 3.09. The van der Waals surface area contributed by atoms with Gasteiger partial charge in [0.2, 0.25) is 11.7 Å². The Morgan fingerprint density at radius 2 is 1.85 bits per heavy atom. The van der Waals surface area contributed by atoms with Gasteiger partial charge >= 0.3 is 0 Å². The van der Waals surface area contributed by atoms with Crippen LogP contribution in [0.25, 0.3) is 0 Å². The number of benzene rings is 1. The molecule has 0 spiro atoms. The maximum absolute atomic E-state index is 5.97. The normalized spacial score (nSPS) is 15.6. The Balaban J connectivity index is 1.22. The van der Waals surface area contributed by atoms with Gasteiger partial charge in [-0.05, 0) is 37.1 Å². The van der Waals surface area contributed by atoms with Gasteiger partial charge in [-0.1, -0.05) is 23.4 Å². The highest BCUT2D eigenvalue weighted by Crippen LogP contribution is 2.19. The SMILES string of the molecule is c1ccc(OCc2noc(CN3CCC(Oc4cccnc4)CC3)n2)cc1. The maximum atomic E-state index is 5.97. The molecule has 1 saturated heterocycles. The fraction of sp³-hybridized carbons (Fsp3) is 0.350. The van der Waals surface area contributed by atoms with Crippen LogP contribution in [-0.4, -0.2) is 39.2 Å². The van der Waals surface area contributed by atoms with E-state index in [0.29, 0.717) is 24.9 Å². The van der Waals surface area contributed by atoms with Crippen LogP contribution >= 0.6 is 0 Å². The molecule has 0 amide bonds. The van der Waals surface area contributed by atoms with Crippen LogP contribution in [0.4, 0.5) is 0 Å². The third kappa shape index (κ3) is 5.04. The molecule has 4 rings (SSSR count). The Kier molecular flexibility index (Phi) is 5.59. The molecule has 0 unspecified atom stereocenters. The number of hydrogen-bond donors (Lipinski definition) is 0. The van der Waals surface area contributed by atoms with Crippen LogP contribution in [-0.2, 0) is 13.2 Å². The van der Waals surface area contributed by atoms with Crippen LogP contribution in [0, 0.1) is 0 Å². The summed E-state index contributed by atoms with van der Waals surface area (Å²) in [7, 11) is 0. The molecule has 3 heterocycles. The lowest BCUT2D eigenvalue weighted by Gasteiger charge is -2.31. The first-order valence-corrected chi connectivity index (χ1v) is 9.13. The van der Waals surface area contributed by atoms with Gasteiger partial charge in [-0.3, -0.25) is 9.88 Å². The topological polar surface area (TPSA) is 73.5 Å². The van der Waals surface area contributed by atoms with Gasteiger partial charge in [0, 0.05) is 19.3 Å². The summed E-state index contributed by atoms with van der Waals surface area (Å²) >= 11 is 0. The first kappa shape index (κ1) is 17.5. The zero-order valence-electron chi connectivity index (χ0n) is 15.0. The molecule has 1 aromatic carbocycles. The first-order valence-electron chi connectivity index (χ1n) is 9.13. The van der Waals surface area contributed by atoms with E-state index >= 15 is 0 Å². The number of aromatic nitrogens is 3. The van der Waals surface area contributed by atoms with Crippen molar-refractivity contribution in [1.82, 2.24) is 20.0 Å². The van der Waals surface area contributed by atoms with E-state index in [0.717, 1.165) is 37.4 Å². The molecule has 1 aliphatic rings. The lowest BCUT2D eigenvalue weighted by molar-refractivity contribution is 0.0901. The second-order valence-electron chi connectivity index (χ2n) is 6.49. The van der Waals surface area contributed by atoms with Crippen LogP contribution in [0.1, 0.15) is 24.6 Å². The Bertz CT molecular complexity index is 818. The zero-order valence-corrected chi connectivity index (χ0v) is 15.0. The minimum absolute atomic E-state index is 0.225. The summed E-state index contributed by atoms with van der Waals surface area (Å²) in [6, 6.07) is 13.4. The van der Waals surface area contributed by atoms with E-state index in [4.69, 9.17) is 14.0 Å². The Labute approximate surface area is 157 Å². The number of piperidine rings is 1. The molecule has 0 N–H and O–H groups in total. The Morgan fingerprint density at radius 3 is 2.63 bits per heavy atom. The summed E-state index contributed by atoms with van der Waals surface area (Å²) in [5.41, 5.74) is 0. The molecule has 140 valence electrons. The minimum Gasteiger partial charge on any atom is -0.489 e. The number of rotatable bonds is 7. The van der Waals surface area contributed by atoms with Gasteiger partial charge in [0.05, 0.1) is 12.7 Å². The van der Waals surface area contributed by atoms with E-state index in [2.05, 4.69) is 20.0 Å². The average molecular weight is 366 g/mol. The fourth-order valence-corrected chi connectivity index (χ4v) is 3.06. The molecular formula is C20H22N4O3. The fourth-order valence-electron chi connectivity index (χ4n) is 3.06. The molecule has 7 heteroatoms. The number of hydrogen-bond acceptors (Lipinski definition) is 7. The highest BCUT2D eigenvalue weighted by Gasteiger charge is 2.22. The summed E-state index contributed by atoms with van der Waals surface area (Å²) in [4.78, 5) is 10.8. The van der Waals surface area contributed by atoms with E-state index in [9.17, 15) is 0 Å². The van der Waals surface area contributed by atoms with E-state index in [1.807, 2.05) is 42.5 Å². The van der Waals surface area contributed by atoms with Gasteiger partial charge < -0.3 is 14.0 Å². The molecule has 1 fully saturated rings. The van der Waals surface area contributed by atoms with Gasteiger partial charge in [-0.25, -0.2) is 0 Å². The molecule has 0 radical (unpaired) electrons. The summed E-state index contributed by atoms with van der Waals surface area (Å²) in [6.07, 6.45) is 5.66. The van der Waals surface area contributed by atoms with Crippen molar-refractivity contribution in [3.63, 3.8) is 0 Å². The Morgan fingerprint density at radius 1 is 1.04 bits per heavy atom. The van der Waals surface area contributed by atoms with E-state index < -0.39 is 0 Å². The zero-order chi connectivity index (χ0) is 18.3. The third-order valence-electron chi connectivity index (χ3n) is 4.45. The highest BCUT2D eigenvalue weighted by atomic mass is 16.5. The van der Waals surface area contributed by atoms with Crippen molar-refractivity contribution in [3.05, 3.63) is 66.6 Å². The predicted molar refractivity (Wildman–Crippen MR) is 98.2 cm³/mol. The highest BCUT2D eigenvalue weighted by molar-refractivity contribution is 5.21. The van der Waals surface area contributed by atoms with Crippen molar-refractivity contribution in [2.45, 2.75) is 32.1 Å². The van der Waals surface area contributed by atoms with Crippen LogP contribution in [0.15, 0.2) is 59.4 Å². The number of pyridine rings is 1. The van der Waals surface area contributed by atoms with Crippen LogP contribution in [0.3, 0.4) is 0 Å². The van der Waals surface area contributed by atoms with E-state index in [1.54, 1.807) is 12.4 Å². The summed E-state index contributed by atoms with van der Waals surface area (Å²) in [5.74, 6) is 2.80. The lowest BCUT2D eigenvalue weighted by atomic mass is 10.1. The Hall–Kier alpha value is -2.93. The smallest absolute Gasteiger partial charge is 0.240 e. The van der Waals surface area contributed by atoms with E-state index in [1.165, 1.54) is 0 Å². The molecule has 0 aliphatic carbocycles. The molecule has 1 aliphatic heterocycles.